The number of halogens is 1. The minimum absolute atomic E-state index is 0.0110. The van der Waals surface area contributed by atoms with Crippen LogP contribution < -0.4 is 15.4 Å². The van der Waals surface area contributed by atoms with Crippen LogP contribution in [-0.2, 0) is 11.3 Å². The quantitative estimate of drug-likeness (QED) is 0.402. The average molecular weight is 475 g/mol. The summed E-state index contributed by atoms with van der Waals surface area (Å²) in [6.45, 7) is -3.82. The standard InChI is InChI=1S/C22H20ClN5O3S/c1-3-30-10-12-9-25-22(23)28-21(12)31-16-7-4-13-14(27-16)5-6-15-17(13)18-19(32-15)20(29)26-11(2)8-24-18/h4-7,9,11,24H,3,8,10H2,1-2H3,(H,26,29)/t11-/m1/s1/i1D3,3D2. The summed E-state index contributed by atoms with van der Waals surface area (Å²) in [4.78, 5) is 25.7. The van der Waals surface area contributed by atoms with Gasteiger partial charge >= 0.3 is 0 Å². The molecule has 1 aliphatic rings. The molecule has 3 aromatic heterocycles. The fourth-order valence-electron chi connectivity index (χ4n) is 3.53. The van der Waals surface area contributed by atoms with Crippen molar-refractivity contribution in [3.8, 4) is 11.8 Å². The number of nitrogens with one attached hydrogen (secondary N) is 2. The van der Waals surface area contributed by atoms with E-state index in [-0.39, 0.29) is 34.6 Å². The first-order chi connectivity index (χ1) is 17.4. The average Bonchev–Trinajstić information content (AvgIpc) is 3.14. The van der Waals surface area contributed by atoms with Crippen molar-refractivity contribution in [1.82, 2.24) is 20.3 Å². The third-order valence-electron chi connectivity index (χ3n) is 4.96. The van der Waals surface area contributed by atoms with E-state index < -0.39 is 20.0 Å². The lowest BCUT2D eigenvalue weighted by atomic mass is 10.1. The molecule has 4 aromatic rings. The normalized spacial score (nSPS) is 19.0. The number of fused-ring (bicyclic) bond motifs is 5. The van der Waals surface area contributed by atoms with Crippen LogP contribution in [-0.4, -0.2) is 40.0 Å². The monoisotopic (exact) mass is 474 g/mol. The predicted molar refractivity (Wildman–Crippen MR) is 125 cm³/mol. The van der Waals surface area contributed by atoms with Crippen LogP contribution in [0.3, 0.4) is 0 Å². The van der Waals surface area contributed by atoms with Crippen LogP contribution in [0, 0.1) is 0 Å². The lowest BCUT2D eigenvalue weighted by Gasteiger charge is -2.11. The summed E-state index contributed by atoms with van der Waals surface area (Å²) in [6.07, 6.45) is 1.27. The Labute approximate surface area is 200 Å². The summed E-state index contributed by atoms with van der Waals surface area (Å²) >= 11 is 7.34. The number of benzene rings is 1. The van der Waals surface area contributed by atoms with Gasteiger partial charge in [-0.25, -0.2) is 9.97 Å². The van der Waals surface area contributed by atoms with Gasteiger partial charge in [0.05, 0.1) is 26.1 Å². The Morgan fingerprint density at radius 1 is 1.34 bits per heavy atom. The molecule has 1 amide bonds. The van der Waals surface area contributed by atoms with Crippen LogP contribution in [0.15, 0.2) is 30.5 Å². The van der Waals surface area contributed by atoms with Crippen molar-refractivity contribution in [2.75, 3.05) is 18.4 Å². The highest BCUT2D eigenvalue weighted by molar-refractivity contribution is 7.21. The number of amides is 1. The first-order valence-corrected chi connectivity index (χ1v) is 10.9. The Morgan fingerprint density at radius 2 is 2.25 bits per heavy atom. The molecule has 5 rings (SSSR count). The number of carbonyl (C=O) groups is 1. The summed E-state index contributed by atoms with van der Waals surface area (Å²) < 4.78 is 48.9. The number of nitrogens with zero attached hydrogens (tertiary/aromatic N) is 3. The second-order valence-corrected chi connectivity index (χ2v) is 8.57. The van der Waals surface area contributed by atoms with Gasteiger partial charge in [-0.1, -0.05) is 0 Å². The van der Waals surface area contributed by atoms with Crippen molar-refractivity contribution < 1.29 is 21.1 Å². The first-order valence-electron chi connectivity index (χ1n) is 12.2. The van der Waals surface area contributed by atoms with E-state index in [1.54, 1.807) is 6.07 Å². The summed E-state index contributed by atoms with van der Waals surface area (Å²) in [5, 5.41) is 7.94. The Kier molecular flexibility index (Phi) is 4.18. The summed E-state index contributed by atoms with van der Waals surface area (Å²) in [6, 6.07) is 7.16. The Balaban J connectivity index is 1.48. The van der Waals surface area contributed by atoms with Crippen LogP contribution in [0.25, 0.3) is 21.0 Å². The Bertz CT molecular complexity index is 1530. The van der Waals surface area contributed by atoms with Crippen LogP contribution in [0.1, 0.15) is 35.9 Å². The first kappa shape index (κ1) is 15.7. The fourth-order valence-corrected chi connectivity index (χ4v) is 4.76. The zero-order valence-electron chi connectivity index (χ0n) is 21.7. The second kappa shape index (κ2) is 8.50. The molecular formula is C22H20ClN5O3S. The number of rotatable bonds is 5. The molecule has 1 atom stereocenters. The smallest absolute Gasteiger partial charge is 0.263 e. The van der Waals surface area contributed by atoms with Crippen LogP contribution in [0.2, 0.25) is 5.28 Å². The molecule has 0 radical (unpaired) electrons. The molecule has 0 spiro atoms. The van der Waals surface area contributed by atoms with Crippen molar-refractivity contribution in [1.29, 1.82) is 0 Å². The molecule has 164 valence electrons. The van der Waals surface area contributed by atoms with Gasteiger partial charge in [-0.05, 0) is 43.6 Å². The van der Waals surface area contributed by atoms with Crippen molar-refractivity contribution in [2.24, 2.45) is 0 Å². The largest absolute Gasteiger partial charge is 0.420 e. The van der Waals surface area contributed by atoms with E-state index in [0.717, 1.165) is 21.2 Å². The molecule has 0 bridgehead atoms. The van der Waals surface area contributed by atoms with Gasteiger partial charge < -0.3 is 20.1 Å². The van der Waals surface area contributed by atoms with E-state index >= 15 is 0 Å². The molecule has 32 heavy (non-hydrogen) atoms. The van der Waals surface area contributed by atoms with Crippen molar-refractivity contribution in [2.45, 2.75) is 26.4 Å². The molecule has 1 aromatic carbocycles. The van der Waals surface area contributed by atoms with Crippen molar-refractivity contribution in [3.63, 3.8) is 0 Å². The number of pyridine rings is 1. The number of hydrogen-bond acceptors (Lipinski definition) is 8. The predicted octanol–water partition coefficient (Wildman–Crippen LogP) is 4.77. The minimum atomic E-state index is -2.99. The topological polar surface area (TPSA) is 98.3 Å². The van der Waals surface area contributed by atoms with Gasteiger partial charge in [0, 0.05) is 51.0 Å². The fraction of sp³-hybridized carbons (Fsp3) is 0.273. The number of anilines is 1. The molecule has 2 N–H and O–H groups in total. The van der Waals surface area contributed by atoms with E-state index in [1.807, 2.05) is 25.1 Å². The van der Waals surface area contributed by atoms with Gasteiger partial charge in [0.25, 0.3) is 5.91 Å². The van der Waals surface area contributed by atoms with Gasteiger partial charge in [0.2, 0.25) is 17.0 Å². The van der Waals surface area contributed by atoms with Gasteiger partial charge in [0.15, 0.2) is 0 Å². The lowest BCUT2D eigenvalue weighted by Crippen LogP contribution is -2.34. The van der Waals surface area contributed by atoms with E-state index in [4.69, 9.17) is 27.9 Å². The lowest BCUT2D eigenvalue weighted by molar-refractivity contribution is 0.0949. The molecule has 10 heteroatoms. The van der Waals surface area contributed by atoms with Crippen molar-refractivity contribution >= 4 is 55.5 Å². The summed E-state index contributed by atoms with van der Waals surface area (Å²) in [5.41, 5.74) is 1.57. The van der Waals surface area contributed by atoms with Crippen molar-refractivity contribution in [3.05, 3.63) is 46.2 Å². The molecule has 0 unspecified atom stereocenters. The zero-order chi connectivity index (χ0) is 26.5. The molecule has 8 nitrogen and oxygen atoms in total. The number of hydrogen-bond donors (Lipinski definition) is 2. The van der Waals surface area contributed by atoms with Gasteiger partial charge in [-0.3, -0.25) is 4.79 Å². The number of thiophene rings is 1. The highest BCUT2D eigenvalue weighted by Crippen LogP contribution is 2.41. The number of ether oxygens (including phenoxy) is 2. The van der Waals surface area contributed by atoms with Crippen LogP contribution >= 0.6 is 22.9 Å². The van der Waals surface area contributed by atoms with Gasteiger partial charge in [-0.15, -0.1) is 11.3 Å². The van der Waals surface area contributed by atoms with Gasteiger partial charge in [0.1, 0.15) is 4.88 Å². The molecule has 0 saturated carbocycles. The maximum Gasteiger partial charge on any atom is 0.263 e. The van der Waals surface area contributed by atoms with E-state index in [0.29, 0.717) is 16.9 Å². The maximum atomic E-state index is 12.6. The third-order valence-corrected chi connectivity index (χ3v) is 6.30. The van der Waals surface area contributed by atoms with Crippen LogP contribution in [0.5, 0.6) is 11.8 Å². The number of aromatic nitrogens is 3. The maximum absolute atomic E-state index is 12.6. The molecule has 1 aliphatic heterocycles. The number of carbonyl (C=O) groups excluding carboxylic acids is 1. The van der Waals surface area contributed by atoms with Gasteiger partial charge in [-0.2, -0.15) is 4.98 Å². The van der Waals surface area contributed by atoms with Crippen LogP contribution in [0.4, 0.5) is 5.69 Å². The Morgan fingerprint density at radius 3 is 3.12 bits per heavy atom. The SMILES string of the molecule is [2H]C([2H])([2H])C([2H])([2H])OCc1cnc(Cl)nc1Oc1ccc2c(ccc3sc4c(c32)NC[C@@H](C)NC4=O)n1. The second-order valence-electron chi connectivity index (χ2n) is 7.18. The molecule has 0 fully saturated rings. The summed E-state index contributed by atoms with van der Waals surface area (Å²) in [7, 11) is 0. The van der Waals surface area contributed by atoms with E-state index in [2.05, 4.69) is 25.6 Å². The minimum Gasteiger partial charge on any atom is -0.420 e. The highest BCUT2D eigenvalue weighted by Gasteiger charge is 2.24. The summed E-state index contributed by atoms with van der Waals surface area (Å²) in [5.74, 6) is 0.00126. The molecule has 0 saturated heterocycles. The highest BCUT2D eigenvalue weighted by atomic mass is 35.5. The molecule has 0 aliphatic carbocycles. The zero-order valence-corrected chi connectivity index (χ0v) is 18.3. The molecular weight excluding hydrogens is 450 g/mol. The van der Waals surface area contributed by atoms with E-state index in [9.17, 15) is 4.79 Å². The molecule has 4 heterocycles. The Hall–Kier alpha value is -3.01. The van der Waals surface area contributed by atoms with E-state index in [1.165, 1.54) is 17.5 Å². The third kappa shape index (κ3) is 3.83.